The van der Waals surface area contributed by atoms with Gasteiger partial charge < -0.3 is 20.1 Å². The third-order valence-corrected chi connectivity index (χ3v) is 3.39. The van der Waals surface area contributed by atoms with Crippen LogP contribution >= 0.6 is 23.2 Å². The molecule has 0 aromatic heterocycles. The first kappa shape index (κ1) is 17.2. The highest BCUT2D eigenvalue weighted by atomic mass is 35.5. The van der Waals surface area contributed by atoms with Gasteiger partial charge in [-0.05, 0) is 36.4 Å². The average Bonchev–Trinajstić information content (AvgIpc) is 2.52. The van der Waals surface area contributed by atoms with Gasteiger partial charge in [-0.2, -0.15) is 0 Å². The molecule has 23 heavy (non-hydrogen) atoms. The Labute approximate surface area is 144 Å². The van der Waals surface area contributed by atoms with Gasteiger partial charge in [0.1, 0.15) is 18.1 Å². The molecule has 0 radical (unpaired) electrons. The first-order chi connectivity index (χ1) is 11.1. The highest BCUT2D eigenvalue weighted by molar-refractivity contribution is 6.32. The Balaban J connectivity index is 1.74. The molecule has 122 valence electrons. The maximum Gasteiger partial charge on any atom is 0.319 e. The minimum absolute atomic E-state index is 0.330. The maximum absolute atomic E-state index is 11.8. The molecule has 0 heterocycles. The van der Waals surface area contributed by atoms with E-state index < -0.39 is 0 Å². The molecule has 2 amide bonds. The van der Waals surface area contributed by atoms with Gasteiger partial charge in [-0.25, -0.2) is 4.79 Å². The number of rotatable bonds is 6. The molecule has 0 unspecified atom stereocenters. The maximum atomic E-state index is 11.8. The summed E-state index contributed by atoms with van der Waals surface area (Å²) in [5, 5.41) is 6.38. The van der Waals surface area contributed by atoms with Crippen molar-refractivity contribution in [2.24, 2.45) is 0 Å². The van der Waals surface area contributed by atoms with E-state index in [9.17, 15) is 4.79 Å². The number of carbonyl (C=O) groups excluding carboxylic acids is 1. The van der Waals surface area contributed by atoms with Crippen LogP contribution < -0.4 is 20.1 Å². The minimum Gasteiger partial charge on any atom is -0.495 e. The van der Waals surface area contributed by atoms with Crippen molar-refractivity contribution in [3.05, 3.63) is 52.5 Å². The monoisotopic (exact) mass is 354 g/mol. The van der Waals surface area contributed by atoms with Gasteiger partial charge in [-0.15, -0.1) is 0 Å². The first-order valence-electron chi connectivity index (χ1n) is 6.85. The molecule has 2 aromatic rings. The van der Waals surface area contributed by atoms with Crippen molar-refractivity contribution in [2.45, 2.75) is 0 Å². The van der Waals surface area contributed by atoms with Crippen LogP contribution in [0.1, 0.15) is 0 Å². The number of amides is 2. The van der Waals surface area contributed by atoms with Crippen LogP contribution in [-0.4, -0.2) is 26.3 Å². The molecule has 0 saturated heterocycles. The summed E-state index contributed by atoms with van der Waals surface area (Å²) in [6.07, 6.45) is 0. The number of methoxy groups -OCH3 is 1. The number of anilines is 1. The van der Waals surface area contributed by atoms with Gasteiger partial charge in [0.05, 0.1) is 18.7 Å². The molecule has 2 aromatic carbocycles. The van der Waals surface area contributed by atoms with Gasteiger partial charge in [0.15, 0.2) is 0 Å². The van der Waals surface area contributed by atoms with Crippen LogP contribution in [0.2, 0.25) is 10.0 Å². The molecule has 0 aliphatic heterocycles. The number of hydrogen-bond donors (Lipinski definition) is 2. The normalized spacial score (nSPS) is 10.0. The average molecular weight is 355 g/mol. The van der Waals surface area contributed by atoms with E-state index in [0.29, 0.717) is 40.4 Å². The third-order valence-electron chi connectivity index (χ3n) is 2.86. The van der Waals surface area contributed by atoms with Crippen LogP contribution in [0.25, 0.3) is 0 Å². The fraction of sp³-hybridized carbons (Fsp3) is 0.188. The summed E-state index contributed by atoms with van der Waals surface area (Å²) < 4.78 is 10.5. The van der Waals surface area contributed by atoms with E-state index in [1.165, 1.54) is 7.11 Å². The minimum atomic E-state index is -0.346. The lowest BCUT2D eigenvalue weighted by atomic mass is 10.3. The predicted octanol–water partition coefficient (Wildman–Crippen LogP) is 4.20. The smallest absolute Gasteiger partial charge is 0.319 e. The van der Waals surface area contributed by atoms with Gasteiger partial charge in [0.25, 0.3) is 0 Å². The van der Waals surface area contributed by atoms with Crippen molar-refractivity contribution in [1.29, 1.82) is 0 Å². The summed E-state index contributed by atoms with van der Waals surface area (Å²) in [7, 11) is 1.53. The zero-order chi connectivity index (χ0) is 16.7. The van der Waals surface area contributed by atoms with Crippen molar-refractivity contribution in [1.82, 2.24) is 5.32 Å². The number of ether oxygens (including phenoxy) is 2. The lowest BCUT2D eigenvalue weighted by Crippen LogP contribution is -2.32. The van der Waals surface area contributed by atoms with E-state index in [1.54, 1.807) is 42.5 Å². The summed E-state index contributed by atoms with van der Waals surface area (Å²) in [6.45, 7) is 0.680. The molecule has 0 bridgehead atoms. The number of halogens is 2. The lowest BCUT2D eigenvalue weighted by Gasteiger charge is -2.10. The Morgan fingerprint density at radius 1 is 1.17 bits per heavy atom. The molecular formula is C16H16Cl2N2O3. The zero-order valence-electron chi connectivity index (χ0n) is 12.4. The SMILES string of the molecule is COc1ccc(NC(=O)NCCOc2cccc(Cl)c2)cc1Cl. The Hall–Kier alpha value is -2.11. The number of urea groups is 1. The predicted molar refractivity (Wildman–Crippen MR) is 92.0 cm³/mol. The van der Waals surface area contributed by atoms with Crippen LogP contribution in [0.15, 0.2) is 42.5 Å². The Bertz CT molecular complexity index is 680. The number of carbonyl (C=O) groups is 1. The number of nitrogens with one attached hydrogen (secondary N) is 2. The summed E-state index contributed by atoms with van der Waals surface area (Å²) in [6, 6.07) is 11.7. The number of benzene rings is 2. The molecule has 0 saturated carbocycles. The van der Waals surface area contributed by atoms with Gasteiger partial charge >= 0.3 is 6.03 Å². The van der Waals surface area contributed by atoms with Crippen LogP contribution in [0.3, 0.4) is 0 Å². The summed E-state index contributed by atoms with van der Waals surface area (Å²) in [5.41, 5.74) is 0.573. The summed E-state index contributed by atoms with van der Waals surface area (Å²) in [4.78, 5) is 11.8. The van der Waals surface area contributed by atoms with Crippen molar-refractivity contribution < 1.29 is 14.3 Å². The molecule has 7 heteroatoms. The summed E-state index contributed by atoms with van der Waals surface area (Å²) in [5.74, 6) is 1.20. The van der Waals surface area contributed by atoms with Crippen molar-refractivity contribution >= 4 is 34.9 Å². The highest BCUT2D eigenvalue weighted by Crippen LogP contribution is 2.27. The molecule has 0 aliphatic carbocycles. The molecule has 2 N–H and O–H groups in total. The van der Waals surface area contributed by atoms with Crippen LogP contribution in [0, 0.1) is 0 Å². The van der Waals surface area contributed by atoms with Gasteiger partial charge in [0.2, 0.25) is 0 Å². The first-order valence-corrected chi connectivity index (χ1v) is 7.61. The molecule has 5 nitrogen and oxygen atoms in total. The molecule has 0 atom stereocenters. The third kappa shape index (κ3) is 5.54. The Kier molecular flexibility index (Phi) is 6.38. The Morgan fingerprint density at radius 3 is 2.70 bits per heavy atom. The standard InChI is InChI=1S/C16H16Cl2N2O3/c1-22-15-6-5-12(10-14(15)18)20-16(21)19-7-8-23-13-4-2-3-11(17)9-13/h2-6,9-10H,7-8H2,1H3,(H2,19,20,21). The van der Waals surface area contributed by atoms with Gasteiger partial charge in [-0.3, -0.25) is 0 Å². The van der Waals surface area contributed by atoms with Crippen molar-refractivity contribution in [3.63, 3.8) is 0 Å². The molecule has 0 fully saturated rings. The number of hydrogen-bond acceptors (Lipinski definition) is 3. The van der Waals surface area contributed by atoms with Crippen molar-refractivity contribution in [2.75, 3.05) is 25.6 Å². The van der Waals surface area contributed by atoms with Crippen LogP contribution in [0.5, 0.6) is 11.5 Å². The Morgan fingerprint density at radius 2 is 2.00 bits per heavy atom. The van der Waals surface area contributed by atoms with Gasteiger partial charge in [0, 0.05) is 10.7 Å². The van der Waals surface area contributed by atoms with Gasteiger partial charge in [-0.1, -0.05) is 29.3 Å². The van der Waals surface area contributed by atoms with E-state index in [2.05, 4.69) is 10.6 Å². The fourth-order valence-electron chi connectivity index (χ4n) is 1.81. The van der Waals surface area contributed by atoms with Crippen molar-refractivity contribution in [3.8, 4) is 11.5 Å². The van der Waals surface area contributed by atoms with E-state index in [4.69, 9.17) is 32.7 Å². The second-order valence-electron chi connectivity index (χ2n) is 4.54. The van der Waals surface area contributed by atoms with Crippen LogP contribution in [-0.2, 0) is 0 Å². The largest absolute Gasteiger partial charge is 0.495 e. The van der Waals surface area contributed by atoms with Crippen LogP contribution in [0.4, 0.5) is 10.5 Å². The topological polar surface area (TPSA) is 59.6 Å². The van der Waals surface area contributed by atoms with E-state index >= 15 is 0 Å². The van der Waals surface area contributed by atoms with E-state index in [0.717, 1.165) is 0 Å². The highest BCUT2D eigenvalue weighted by Gasteiger charge is 2.05. The second kappa shape index (κ2) is 8.50. The lowest BCUT2D eigenvalue weighted by molar-refractivity contribution is 0.247. The van der Waals surface area contributed by atoms with E-state index in [-0.39, 0.29) is 6.03 Å². The van der Waals surface area contributed by atoms with E-state index in [1.807, 2.05) is 0 Å². The second-order valence-corrected chi connectivity index (χ2v) is 5.38. The molecule has 0 aliphatic rings. The zero-order valence-corrected chi connectivity index (χ0v) is 13.9. The quantitative estimate of drug-likeness (QED) is 0.764. The summed E-state index contributed by atoms with van der Waals surface area (Å²) >= 11 is 11.8. The molecule has 0 spiro atoms. The molecular weight excluding hydrogens is 339 g/mol. The fourth-order valence-corrected chi connectivity index (χ4v) is 2.25. The molecule has 2 rings (SSSR count).